The molecule has 3 rings (SSSR count). The van der Waals surface area contributed by atoms with Gasteiger partial charge in [-0.3, -0.25) is 4.79 Å². The van der Waals surface area contributed by atoms with Crippen molar-refractivity contribution in [1.82, 2.24) is 35.1 Å². The lowest BCUT2D eigenvalue weighted by atomic mass is 10.1. The highest BCUT2D eigenvalue weighted by atomic mass is 16.1. The van der Waals surface area contributed by atoms with Crippen LogP contribution in [0.1, 0.15) is 28.7 Å². The number of carbonyl (C=O) groups is 1. The molecule has 2 aromatic heterocycles. The van der Waals surface area contributed by atoms with Gasteiger partial charge in [0.15, 0.2) is 0 Å². The van der Waals surface area contributed by atoms with Gasteiger partial charge in [-0.25, -0.2) is 14.3 Å². The molecule has 3 aromatic rings. The van der Waals surface area contributed by atoms with Gasteiger partial charge in [0.2, 0.25) is 0 Å². The minimum absolute atomic E-state index is 0.136. The first-order chi connectivity index (χ1) is 11.3. The van der Waals surface area contributed by atoms with Crippen LogP contribution in [0, 0.1) is 0 Å². The largest absolute Gasteiger partial charge is 0.345 e. The fraction of sp³-hybridized carbons (Fsp3) is 0.267. The summed E-state index contributed by atoms with van der Waals surface area (Å²) in [5.74, 6) is 0.603. The van der Waals surface area contributed by atoms with Crippen molar-refractivity contribution in [3.63, 3.8) is 0 Å². The van der Waals surface area contributed by atoms with Gasteiger partial charge in [0, 0.05) is 18.3 Å². The molecule has 1 amide bonds. The van der Waals surface area contributed by atoms with E-state index in [2.05, 4.69) is 25.7 Å². The van der Waals surface area contributed by atoms with Gasteiger partial charge in [0.25, 0.3) is 5.91 Å². The molecule has 0 saturated heterocycles. The van der Waals surface area contributed by atoms with Crippen LogP contribution in [0.5, 0.6) is 0 Å². The molecule has 0 aliphatic carbocycles. The molecule has 0 spiro atoms. The summed E-state index contributed by atoms with van der Waals surface area (Å²) in [6.45, 7) is 3.69. The second kappa shape index (κ2) is 6.82. The lowest BCUT2D eigenvalue weighted by molar-refractivity contribution is 0.0949. The Kier molecular flexibility index (Phi) is 4.41. The van der Waals surface area contributed by atoms with Crippen LogP contribution < -0.4 is 5.32 Å². The highest BCUT2D eigenvalue weighted by Crippen LogP contribution is 2.06. The summed E-state index contributed by atoms with van der Waals surface area (Å²) in [4.78, 5) is 16.3. The summed E-state index contributed by atoms with van der Waals surface area (Å²) < 4.78 is 3.48. The number of nitrogens with zero attached hydrogens (tertiary/aromatic N) is 6. The Balaban J connectivity index is 1.59. The van der Waals surface area contributed by atoms with Gasteiger partial charge in [-0.1, -0.05) is 17.3 Å². The predicted octanol–water partition coefficient (Wildman–Crippen LogP) is 0.868. The molecule has 0 aliphatic heterocycles. The molecule has 118 valence electrons. The van der Waals surface area contributed by atoms with Crippen molar-refractivity contribution in [2.45, 2.75) is 26.6 Å². The molecule has 1 N–H and O–H groups in total. The Labute approximate surface area is 133 Å². The lowest BCUT2D eigenvalue weighted by Crippen LogP contribution is -2.24. The van der Waals surface area contributed by atoms with Crippen molar-refractivity contribution in [2.75, 3.05) is 0 Å². The first kappa shape index (κ1) is 14.9. The number of hydrogen-bond donors (Lipinski definition) is 1. The van der Waals surface area contributed by atoms with Crippen LogP contribution in [-0.4, -0.2) is 35.7 Å². The average Bonchev–Trinajstić information content (AvgIpc) is 3.24. The number of aryl methyl sites for hydroxylation is 1. The molecule has 0 saturated carbocycles. The summed E-state index contributed by atoms with van der Waals surface area (Å²) in [6, 6.07) is 7.41. The van der Waals surface area contributed by atoms with Crippen molar-refractivity contribution in [2.24, 2.45) is 0 Å². The van der Waals surface area contributed by atoms with Crippen molar-refractivity contribution < 1.29 is 4.79 Å². The van der Waals surface area contributed by atoms with E-state index in [1.165, 1.54) is 6.33 Å². The third kappa shape index (κ3) is 3.60. The van der Waals surface area contributed by atoms with Gasteiger partial charge >= 0.3 is 0 Å². The Hall–Kier alpha value is -3.03. The van der Waals surface area contributed by atoms with Crippen molar-refractivity contribution in [1.29, 1.82) is 0 Å². The molecule has 0 radical (unpaired) electrons. The first-order valence-electron chi connectivity index (χ1n) is 7.34. The van der Waals surface area contributed by atoms with Crippen LogP contribution in [0.15, 0.2) is 43.0 Å². The zero-order chi connectivity index (χ0) is 16.1. The highest BCUT2D eigenvalue weighted by Gasteiger charge is 2.08. The van der Waals surface area contributed by atoms with Crippen LogP contribution in [0.3, 0.4) is 0 Å². The van der Waals surface area contributed by atoms with Gasteiger partial charge in [-0.05, 0) is 24.6 Å². The molecule has 0 aliphatic rings. The lowest BCUT2D eigenvalue weighted by Gasteiger charge is -2.07. The van der Waals surface area contributed by atoms with Crippen LogP contribution in [-0.2, 0) is 19.6 Å². The standard InChI is InChI=1S/C15H17N7O/c1-2-22-14(17-11-19-22)9-16-15(23)13-5-3-12(4-6-13)10-21-8-7-18-20-21/h3-8,11H,2,9-10H2,1H3,(H,16,23). The molecule has 0 bridgehead atoms. The van der Waals surface area contributed by atoms with Gasteiger partial charge in [0.1, 0.15) is 12.2 Å². The maximum atomic E-state index is 12.2. The second-order valence-corrected chi connectivity index (χ2v) is 4.97. The van der Waals surface area contributed by atoms with Crippen LogP contribution in [0.4, 0.5) is 0 Å². The van der Waals surface area contributed by atoms with E-state index < -0.39 is 0 Å². The Morgan fingerprint density at radius 3 is 2.78 bits per heavy atom. The number of nitrogens with one attached hydrogen (secondary N) is 1. The molecule has 2 heterocycles. The van der Waals surface area contributed by atoms with Gasteiger partial charge in [0.05, 0.1) is 19.3 Å². The molecule has 8 nitrogen and oxygen atoms in total. The molecular weight excluding hydrogens is 294 g/mol. The van der Waals surface area contributed by atoms with Gasteiger partial charge in [-0.15, -0.1) is 5.10 Å². The monoisotopic (exact) mass is 311 g/mol. The Morgan fingerprint density at radius 2 is 2.09 bits per heavy atom. The summed E-state index contributed by atoms with van der Waals surface area (Å²) in [5.41, 5.74) is 1.66. The summed E-state index contributed by atoms with van der Waals surface area (Å²) in [6.07, 6.45) is 4.92. The SMILES string of the molecule is CCn1ncnc1CNC(=O)c1ccc(Cn2ccnn2)cc1. The van der Waals surface area contributed by atoms with E-state index in [4.69, 9.17) is 0 Å². The van der Waals surface area contributed by atoms with E-state index in [1.807, 2.05) is 19.1 Å². The molecule has 0 unspecified atom stereocenters. The van der Waals surface area contributed by atoms with Crippen LogP contribution in [0.2, 0.25) is 0 Å². The third-order valence-corrected chi connectivity index (χ3v) is 3.43. The Morgan fingerprint density at radius 1 is 1.26 bits per heavy atom. The molecule has 0 fully saturated rings. The number of benzene rings is 1. The van der Waals surface area contributed by atoms with Crippen molar-refractivity contribution in [3.05, 3.63) is 59.9 Å². The molecule has 0 atom stereocenters. The minimum Gasteiger partial charge on any atom is -0.345 e. The number of rotatable bonds is 6. The van der Waals surface area contributed by atoms with Crippen LogP contribution >= 0.6 is 0 Å². The number of amides is 1. The smallest absolute Gasteiger partial charge is 0.251 e. The zero-order valence-electron chi connectivity index (χ0n) is 12.8. The predicted molar refractivity (Wildman–Crippen MR) is 82.4 cm³/mol. The number of hydrogen-bond acceptors (Lipinski definition) is 5. The van der Waals surface area contributed by atoms with Crippen molar-refractivity contribution in [3.8, 4) is 0 Å². The quantitative estimate of drug-likeness (QED) is 0.729. The average molecular weight is 311 g/mol. The maximum absolute atomic E-state index is 12.2. The van der Waals surface area contributed by atoms with E-state index in [0.29, 0.717) is 18.7 Å². The normalized spacial score (nSPS) is 10.7. The van der Waals surface area contributed by atoms with Gasteiger partial charge in [-0.2, -0.15) is 5.10 Å². The molecule has 8 heteroatoms. The fourth-order valence-electron chi connectivity index (χ4n) is 2.22. The summed E-state index contributed by atoms with van der Waals surface area (Å²) in [7, 11) is 0. The maximum Gasteiger partial charge on any atom is 0.251 e. The van der Waals surface area contributed by atoms with E-state index in [0.717, 1.165) is 17.9 Å². The second-order valence-electron chi connectivity index (χ2n) is 4.97. The topological polar surface area (TPSA) is 90.5 Å². The number of aromatic nitrogens is 6. The highest BCUT2D eigenvalue weighted by molar-refractivity contribution is 5.94. The fourth-order valence-corrected chi connectivity index (χ4v) is 2.22. The van der Waals surface area contributed by atoms with E-state index in [1.54, 1.807) is 33.9 Å². The van der Waals surface area contributed by atoms with Crippen molar-refractivity contribution >= 4 is 5.91 Å². The molecule has 1 aromatic carbocycles. The number of carbonyl (C=O) groups excluding carboxylic acids is 1. The van der Waals surface area contributed by atoms with Crippen LogP contribution in [0.25, 0.3) is 0 Å². The van der Waals surface area contributed by atoms with E-state index in [-0.39, 0.29) is 5.91 Å². The summed E-state index contributed by atoms with van der Waals surface area (Å²) in [5, 5.41) is 14.6. The van der Waals surface area contributed by atoms with E-state index in [9.17, 15) is 4.79 Å². The Bertz CT molecular complexity index is 761. The summed E-state index contributed by atoms with van der Waals surface area (Å²) >= 11 is 0. The molecular formula is C15H17N7O. The third-order valence-electron chi connectivity index (χ3n) is 3.43. The minimum atomic E-state index is -0.136. The van der Waals surface area contributed by atoms with Gasteiger partial charge < -0.3 is 5.32 Å². The first-order valence-corrected chi connectivity index (χ1v) is 7.34. The zero-order valence-corrected chi connectivity index (χ0v) is 12.8. The molecule has 23 heavy (non-hydrogen) atoms. The van der Waals surface area contributed by atoms with E-state index >= 15 is 0 Å².